The molecule has 6 heteroatoms. The number of thioether (sulfide) groups is 1. The van der Waals surface area contributed by atoms with Gasteiger partial charge in [-0.15, -0.1) is 11.8 Å². The van der Waals surface area contributed by atoms with Gasteiger partial charge < -0.3 is 10.3 Å². The molecule has 0 amide bonds. The lowest BCUT2D eigenvalue weighted by Crippen LogP contribution is -2.03. The molecule has 0 atom stereocenters. The van der Waals surface area contributed by atoms with Gasteiger partial charge in [0.05, 0.1) is 6.33 Å². The van der Waals surface area contributed by atoms with Gasteiger partial charge in [-0.05, 0) is 25.0 Å². The number of nitrogens with zero attached hydrogens (tertiary/aromatic N) is 3. The fourth-order valence-electron chi connectivity index (χ4n) is 1.54. The summed E-state index contributed by atoms with van der Waals surface area (Å²) in [4.78, 5) is 16.2. The van der Waals surface area contributed by atoms with E-state index in [0.29, 0.717) is 11.9 Å². The van der Waals surface area contributed by atoms with Gasteiger partial charge in [-0.1, -0.05) is 13.8 Å². The van der Waals surface area contributed by atoms with E-state index in [1.807, 2.05) is 6.92 Å². The van der Waals surface area contributed by atoms with Gasteiger partial charge in [-0.3, -0.25) is 0 Å². The number of aromatic nitrogens is 4. The topological polar surface area (TPSA) is 66.5 Å². The number of rotatable bonds is 6. The molecular formula is C12H19N5S. The van der Waals surface area contributed by atoms with Crippen LogP contribution in [0.3, 0.4) is 0 Å². The number of aromatic amines is 1. The lowest BCUT2D eigenvalue weighted by Gasteiger charge is -2.07. The smallest absolute Gasteiger partial charge is 0.225 e. The number of fused-ring (bicyclic) bond motifs is 1. The Morgan fingerprint density at radius 1 is 1.39 bits per heavy atom. The second-order valence-corrected chi connectivity index (χ2v) is 5.60. The molecule has 2 aromatic rings. The second kappa shape index (κ2) is 6.04. The van der Waals surface area contributed by atoms with E-state index in [1.165, 1.54) is 6.42 Å². The van der Waals surface area contributed by atoms with E-state index < -0.39 is 0 Å². The van der Waals surface area contributed by atoms with Crippen LogP contribution >= 0.6 is 11.8 Å². The van der Waals surface area contributed by atoms with Gasteiger partial charge in [0.25, 0.3) is 0 Å². The van der Waals surface area contributed by atoms with Crippen LogP contribution in [-0.4, -0.2) is 32.2 Å². The molecule has 0 aliphatic carbocycles. The molecule has 2 N–H and O–H groups in total. The molecule has 0 saturated heterocycles. The lowest BCUT2D eigenvalue weighted by molar-refractivity contribution is 0.632. The standard InChI is InChI=1S/C12H19N5S/c1-4-13-12-16-10-9(14-7-15-10)11(17-12)18-6-5-8(2)3/h7-8H,4-6H2,1-3H3,(H2,13,14,15,16,17). The number of nitrogens with one attached hydrogen (secondary N) is 2. The van der Waals surface area contributed by atoms with Crippen LogP contribution in [0.5, 0.6) is 0 Å². The van der Waals surface area contributed by atoms with Crippen LogP contribution in [-0.2, 0) is 0 Å². The maximum Gasteiger partial charge on any atom is 0.225 e. The molecule has 2 heterocycles. The first-order valence-corrected chi connectivity index (χ1v) is 7.27. The van der Waals surface area contributed by atoms with Crippen molar-refractivity contribution in [3.63, 3.8) is 0 Å². The summed E-state index contributed by atoms with van der Waals surface area (Å²) < 4.78 is 0. The molecule has 0 bridgehead atoms. The molecule has 0 aliphatic rings. The number of imidazole rings is 1. The van der Waals surface area contributed by atoms with Gasteiger partial charge in [0.1, 0.15) is 10.5 Å². The highest BCUT2D eigenvalue weighted by atomic mass is 32.2. The van der Waals surface area contributed by atoms with Crippen LogP contribution in [0.15, 0.2) is 11.4 Å². The molecule has 18 heavy (non-hydrogen) atoms. The van der Waals surface area contributed by atoms with E-state index in [1.54, 1.807) is 18.1 Å². The van der Waals surface area contributed by atoms with Crippen molar-refractivity contribution in [1.29, 1.82) is 0 Å². The van der Waals surface area contributed by atoms with E-state index in [4.69, 9.17) is 0 Å². The highest BCUT2D eigenvalue weighted by molar-refractivity contribution is 7.99. The minimum absolute atomic E-state index is 0.657. The van der Waals surface area contributed by atoms with E-state index in [0.717, 1.165) is 28.5 Å². The summed E-state index contributed by atoms with van der Waals surface area (Å²) >= 11 is 1.76. The molecule has 0 saturated carbocycles. The molecule has 98 valence electrons. The van der Waals surface area contributed by atoms with Crippen molar-refractivity contribution in [3.8, 4) is 0 Å². The summed E-state index contributed by atoms with van der Waals surface area (Å²) in [6.07, 6.45) is 2.85. The summed E-state index contributed by atoms with van der Waals surface area (Å²) in [5.41, 5.74) is 1.67. The maximum absolute atomic E-state index is 4.53. The molecule has 0 unspecified atom stereocenters. The largest absolute Gasteiger partial charge is 0.354 e. The van der Waals surface area contributed by atoms with Gasteiger partial charge in [0.2, 0.25) is 5.95 Å². The number of hydrogen-bond donors (Lipinski definition) is 2. The Morgan fingerprint density at radius 2 is 2.22 bits per heavy atom. The van der Waals surface area contributed by atoms with Crippen molar-refractivity contribution in [2.75, 3.05) is 17.6 Å². The average molecular weight is 265 g/mol. The Labute approximate surface area is 111 Å². The van der Waals surface area contributed by atoms with Crippen molar-refractivity contribution >= 4 is 28.9 Å². The third-order valence-electron chi connectivity index (χ3n) is 2.52. The SMILES string of the molecule is CCNc1nc(SCCC(C)C)c2[nH]cnc2n1. The average Bonchev–Trinajstić information content (AvgIpc) is 2.77. The third-order valence-corrected chi connectivity index (χ3v) is 3.53. The zero-order chi connectivity index (χ0) is 13.0. The van der Waals surface area contributed by atoms with Gasteiger partial charge in [0.15, 0.2) is 5.65 Å². The highest BCUT2D eigenvalue weighted by Crippen LogP contribution is 2.25. The molecule has 2 rings (SSSR count). The van der Waals surface area contributed by atoms with Gasteiger partial charge in [-0.2, -0.15) is 4.98 Å². The van der Waals surface area contributed by atoms with Crippen molar-refractivity contribution < 1.29 is 0 Å². The third kappa shape index (κ3) is 3.13. The fraction of sp³-hybridized carbons (Fsp3) is 0.583. The summed E-state index contributed by atoms with van der Waals surface area (Å²) in [6.45, 7) is 7.31. The monoisotopic (exact) mass is 265 g/mol. The minimum atomic E-state index is 0.657. The van der Waals surface area contributed by atoms with Crippen molar-refractivity contribution in [2.24, 2.45) is 5.92 Å². The van der Waals surface area contributed by atoms with E-state index in [9.17, 15) is 0 Å². The first-order valence-electron chi connectivity index (χ1n) is 6.28. The lowest BCUT2D eigenvalue weighted by atomic mass is 10.2. The van der Waals surface area contributed by atoms with Crippen LogP contribution in [0.25, 0.3) is 11.2 Å². The van der Waals surface area contributed by atoms with Crippen molar-refractivity contribution in [2.45, 2.75) is 32.2 Å². The van der Waals surface area contributed by atoms with E-state index >= 15 is 0 Å². The summed E-state index contributed by atoms with van der Waals surface area (Å²) in [5, 5.41) is 4.12. The molecule has 0 radical (unpaired) electrons. The first-order chi connectivity index (χ1) is 8.70. The Kier molecular flexibility index (Phi) is 4.41. The predicted octanol–water partition coefficient (Wildman–Crippen LogP) is 2.92. The maximum atomic E-state index is 4.53. The number of hydrogen-bond acceptors (Lipinski definition) is 5. The molecule has 2 aromatic heterocycles. The van der Waals surface area contributed by atoms with Crippen molar-refractivity contribution in [3.05, 3.63) is 6.33 Å². The summed E-state index contributed by atoms with van der Waals surface area (Å²) in [7, 11) is 0. The van der Waals surface area contributed by atoms with Crippen LogP contribution in [0, 0.1) is 5.92 Å². The number of H-pyrrole nitrogens is 1. The molecule has 5 nitrogen and oxygen atoms in total. The van der Waals surface area contributed by atoms with Crippen LogP contribution in [0.4, 0.5) is 5.95 Å². The quantitative estimate of drug-likeness (QED) is 0.621. The van der Waals surface area contributed by atoms with Gasteiger partial charge in [0, 0.05) is 6.54 Å². The molecule has 0 spiro atoms. The zero-order valence-electron chi connectivity index (χ0n) is 11.0. The summed E-state index contributed by atoms with van der Waals surface area (Å²) in [6, 6.07) is 0. The fourth-order valence-corrected chi connectivity index (χ4v) is 2.77. The van der Waals surface area contributed by atoms with Crippen LogP contribution < -0.4 is 5.32 Å². The van der Waals surface area contributed by atoms with Crippen molar-refractivity contribution in [1.82, 2.24) is 19.9 Å². The zero-order valence-corrected chi connectivity index (χ0v) is 11.8. The van der Waals surface area contributed by atoms with Crippen LogP contribution in [0.2, 0.25) is 0 Å². The Morgan fingerprint density at radius 3 is 2.94 bits per heavy atom. The number of anilines is 1. The Bertz CT molecular complexity index is 508. The molecule has 0 aliphatic heterocycles. The first kappa shape index (κ1) is 13.1. The minimum Gasteiger partial charge on any atom is -0.354 e. The van der Waals surface area contributed by atoms with E-state index in [-0.39, 0.29) is 0 Å². The molecular weight excluding hydrogens is 246 g/mol. The molecule has 0 aromatic carbocycles. The second-order valence-electron chi connectivity index (χ2n) is 4.51. The Balaban J connectivity index is 2.20. The predicted molar refractivity (Wildman–Crippen MR) is 76.0 cm³/mol. The Hall–Kier alpha value is -1.30. The normalized spacial score (nSPS) is 11.3. The van der Waals surface area contributed by atoms with E-state index in [2.05, 4.69) is 39.1 Å². The van der Waals surface area contributed by atoms with Crippen LogP contribution in [0.1, 0.15) is 27.2 Å². The molecule has 0 fully saturated rings. The van der Waals surface area contributed by atoms with Gasteiger partial charge >= 0.3 is 0 Å². The highest BCUT2D eigenvalue weighted by Gasteiger charge is 2.10. The van der Waals surface area contributed by atoms with Gasteiger partial charge in [-0.25, -0.2) is 9.97 Å². The summed E-state index contributed by atoms with van der Waals surface area (Å²) in [5.74, 6) is 2.43.